The zero-order chi connectivity index (χ0) is 35.1. The SMILES string of the molecule is CCCCC/C=C\C/C=C\CCCCCCCCCCCC(=O)OC(COCCCCCCCC)COC1OC(CO)C(O)C(O)C1O. The molecule has 1 heterocycles. The van der Waals surface area contributed by atoms with E-state index in [9.17, 15) is 25.2 Å². The Hall–Kier alpha value is -1.33. The lowest BCUT2D eigenvalue weighted by Crippen LogP contribution is -2.59. The Balaban J connectivity index is 2.23. The van der Waals surface area contributed by atoms with Gasteiger partial charge in [0.1, 0.15) is 30.5 Å². The second-order valence-corrected chi connectivity index (χ2v) is 13.4. The van der Waals surface area contributed by atoms with E-state index in [1.54, 1.807) is 0 Å². The van der Waals surface area contributed by atoms with Crippen LogP contribution in [0.3, 0.4) is 0 Å². The number of carbonyl (C=O) groups excluding carboxylic acids is 1. The van der Waals surface area contributed by atoms with E-state index in [1.807, 2.05) is 0 Å². The second kappa shape index (κ2) is 31.6. The van der Waals surface area contributed by atoms with Crippen LogP contribution >= 0.6 is 0 Å². The Bertz CT molecular complexity index is 787. The molecule has 6 atom stereocenters. The van der Waals surface area contributed by atoms with Gasteiger partial charge in [-0.3, -0.25) is 4.79 Å². The van der Waals surface area contributed by atoms with Gasteiger partial charge in [-0.1, -0.05) is 128 Å². The molecule has 0 aromatic rings. The number of allylic oxidation sites excluding steroid dienone is 4. The summed E-state index contributed by atoms with van der Waals surface area (Å²) in [6.07, 6.45) is 26.5. The molecule has 0 amide bonds. The maximum absolute atomic E-state index is 12.7. The fraction of sp³-hybridized carbons (Fsp3) is 0.872. The molecular weight excluding hydrogens is 612 g/mol. The molecule has 0 spiro atoms. The highest BCUT2D eigenvalue weighted by Crippen LogP contribution is 2.22. The Kier molecular flexibility index (Phi) is 29.5. The molecule has 9 nitrogen and oxygen atoms in total. The average Bonchev–Trinajstić information content (AvgIpc) is 3.08. The van der Waals surface area contributed by atoms with Crippen molar-refractivity contribution in [3.8, 4) is 0 Å². The Morgan fingerprint density at radius 2 is 1.21 bits per heavy atom. The number of esters is 1. The maximum atomic E-state index is 12.7. The first-order valence-electron chi connectivity index (χ1n) is 19.4. The lowest BCUT2D eigenvalue weighted by atomic mass is 9.99. The van der Waals surface area contributed by atoms with Gasteiger partial charge in [-0.15, -0.1) is 0 Å². The zero-order valence-electron chi connectivity index (χ0n) is 30.5. The largest absolute Gasteiger partial charge is 0.457 e. The molecule has 48 heavy (non-hydrogen) atoms. The molecule has 282 valence electrons. The van der Waals surface area contributed by atoms with Gasteiger partial charge in [-0.05, 0) is 44.9 Å². The monoisotopic (exact) mass is 685 g/mol. The van der Waals surface area contributed by atoms with Crippen molar-refractivity contribution in [3.63, 3.8) is 0 Å². The van der Waals surface area contributed by atoms with Crippen molar-refractivity contribution < 1.29 is 44.2 Å². The predicted molar refractivity (Wildman–Crippen MR) is 192 cm³/mol. The summed E-state index contributed by atoms with van der Waals surface area (Å²) in [5.74, 6) is -0.322. The molecule has 0 saturated carbocycles. The third kappa shape index (κ3) is 23.1. The number of rotatable bonds is 32. The van der Waals surface area contributed by atoms with E-state index in [0.29, 0.717) is 13.0 Å². The third-order valence-electron chi connectivity index (χ3n) is 8.87. The minimum Gasteiger partial charge on any atom is -0.457 e. The quantitative estimate of drug-likeness (QED) is 0.0323. The highest BCUT2D eigenvalue weighted by Gasteiger charge is 2.44. The summed E-state index contributed by atoms with van der Waals surface area (Å²) in [5.41, 5.74) is 0. The summed E-state index contributed by atoms with van der Waals surface area (Å²) in [7, 11) is 0. The van der Waals surface area contributed by atoms with E-state index in [1.165, 1.54) is 96.3 Å². The molecular formula is C39H72O9. The van der Waals surface area contributed by atoms with Gasteiger partial charge in [0.25, 0.3) is 0 Å². The molecule has 0 aromatic carbocycles. The Morgan fingerprint density at radius 1 is 0.667 bits per heavy atom. The Morgan fingerprint density at radius 3 is 1.83 bits per heavy atom. The predicted octanol–water partition coefficient (Wildman–Crippen LogP) is 7.47. The van der Waals surface area contributed by atoms with Crippen molar-refractivity contribution >= 4 is 5.97 Å². The molecule has 6 unspecified atom stereocenters. The van der Waals surface area contributed by atoms with Gasteiger partial charge >= 0.3 is 5.97 Å². The van der Waals surface area contributed by atoms with Crippen LogP contribution in [-0.2, 0) is 23.7 Å². The number of carbonyl (C=O) groups is 1. The molecule has 1 fully saturated rings. The van der Waals surface area contributed by atoms with Crippen LogP contribution in [0.25, 0.3) is 0 Å². The van der Waals surface area contributed by atoms with Crippen LogP contribution in [0, 0.1) is 0 Å². The highest BCUT2D eigenvalue weighted by atomic mass is 16.7. The number of ether oxygens (including phenoxy) is 4. The van der Waals surface area contributed by atoms with Crippen LogP contribution in [0.5, 0.6) is 0 Å². The highest BCUT2D eigenvalue weighted by molar-refractivity contribution is 5.69. The van der Waals surface area contributed by atoms with Gasteiger partial charge in [-0.25, -0.2) is 0 Å². The first-order valence-corrected chi connectivity index (χ1v) is 19.4. The van der Waals surface area contributed by atoms with E-state index >= 15 is 0 Å². The average molecular weight is 685 g/mol. The summed E-state index contributed by atoms with van der Waals surface area (Å²) in [4.78, 5) is 12.7. The zero-order valence-corrected chi connectivity index (χ0v) is 30.5. The molecule has 1 rings (SSSR count). The molecule has 1 saturated heterocycles. The molecule has 0 radical (unpaired) electrons. The van der Waals surface area contributed by atoms with E-state index in [-0.39, 0.29) is 19.2 Å². The summed E-state index contributed by atoms with van der Waals surface area (Å²) < 4.78 is 22.6. The number of hydrogen-bond acceptors (Lipinski definition) is 9. The lowest BCUT2D eigenvalue weighted by molar-refractivity contribution is -0.305. The van der Waals surface area contributed by atoms with E-state index in [2.05, 4.69) is 38.2 Å². The second-order valence-electron chi connectivity index (χ2n) is 13.4. The van der Waals surface area contributed by atoms with E-state index < -0.39 is 43.4 Å². The van der Waals surface area contributed by atoms with Gasteiger partial charge in [0.15, 0.2) is 6.29 Å². The molecule has 4 N–H and O–H groups in total. The van der Waals surface area contributed by atoms with Gasteiger partial charge < -0.3 is 39.4 Å². The number of hydrogen-bond donors (Lipinski definition) is 4. The fourth-order valence-corrected chi connectivity index (χ4v) is 5.76. The molecule has 1 aliphatic heterocycles. The van der Waals surface area contributed by atoms with Crippen LogP contribution in [-0.4, -0.2) is 89.6 Å². The molecule has 0 aliphatic carbocycles. The smallest absolute Gasteiger partial charge is 0.306 e. The van der Waals surface area contributed by atoms with Crippen LogP contribution in [0.4, 0.5) is 0 Å². The number of aliphatic hydroxyl groups is 4. The lowest BCUT2D eigenvalue weighted by Gasteiger charge is -2.39. The molecule has 9 heteroatoms. The standard InChI is InChI=1S/C39H72O9/c1-3-5-7-9-11-12-13-14-15-16-17-18-19-20-21-22-23-24-26-28-35(41)47-33(31-45-29-27-25-10-8-6-4-2)32-46-39-38(44)37(43)36(42)34(30-40)48-39/h11-12,14-15,33-34,36-40,42-44H,3-10,13,16-32H2,1-2H3/b12-11-,15-14-. The van der Waals surface area contributed by atoms with Gasteiger partial charge in [-0.2, -0.15) is 0 Å². The van der Waals surface area contributed by atoms with Gasteiger partial charge in [0, 0.05) is 13.0 Å². The van der Waals surface area contributed by atoms with Crippen LogP contribution < -0.4 is 0 Å². The first kappa shape index (κ1) is 44.7. The van der Waals surface area contributed by atoms with E-state index in [4.69, 9.17) is 18.9 Å². The minimum atomic E-state index is -1.53. The topological polar surface area (TPSA) is 135 Å². The van der Waals surface area contributed by atoms with Crippen molar-refractivity contribution in [1.82, 2.24) is 0 Å². The fourth-order valence-electron chi connectivity index (χ4n) is 5.76. The Labute approximate surface area is 292 Å². The molecule has 0 aromatic heterocycles. The van der Waals surface area contributed by atoms with Crippen LogP contribution in [0.1, 0.15) is 155 Å². The van der Waals surface area contributed by atoms with Crippen molar-refractivity contribution in [3.05, 3.63) is 24.3 Å². The first-order chi connectivity index (χ1) is 23.4. The van der Waals surface area contributed by atoms with Gasteiger partial charge in [0.05, 0.1) is 19.8 Å². The summed E-state index contributed by atoms with van der Waals surface area (Å²) in [6, 6.07) is 0. The minimum absolute atomic E-state index is 0.113. The normalized spacial score (nSPS) is 22.2. The van der Waals surface area contributed by atoms with Crippen molar-refractivity contribution in [2.24, 2.45) is 0 Å². The number of unbranched alkanes of at least 4 members (excludes halogenated alkanes) is 17. The van der Waals surface area contributed by atoms with Crippen molar-refractivity contribution in [2.45, 2.75) is 192 Å². The third-order valence-corrected chi connectivity index (χ3v) is 8.87. The van der Waals surface area contributed by atoms with Crippen molar-refractivity contribution in [1.29, 1.82) is 0 Å². The summed E-state index contributed by atoms with van der Waals surface area (Å²) in [6.45, 7) is 4.47. The maximum Gasteiger partial charge on any atom is 0.306 e. The van der Waals surface area contributed by atoms with Crippen LogP contribution in [0.2, 0.25) is 0 Å². The summed E-state index contributed by atoms with van der Waals surface area (Å²) in [5, 5.41) is 39.8. The molecule has 1 aliphatic rings. The van der Waals surface area contributed by atoms with Crippen LogP contribution in [0.15, 0.2) is 24.3 Å². The van der Waals surface area contributed by atoms with E-state index in [0.717, 1.165) is 38.5 Å². The summed E-state index contributed by atoms with van der Waals surface area (Å²) >= 11 is 0. The van der Waals surface area contributed by atoms with Crippen molar-refractivity contribution in [2.75, 3.05) is 26.4 Å². The molecule has 0 bridgehead atoms. The number of aliphatic hydroxyl groups excluding tert-OH is 4. The van der Waals surface area contributed by atoms with Gasteiger partial charge in [0.2, 0.25) is 0 Å².